The number of hydrogen-bond donors (Lipinski definition) is 1. The Hall–Kier alpha value is -4.09. The highest BCUT2D eigenvalue weighted by Gasteiger charge is 2.13. The number of nitrogens with zero attached hydrogens (tertiary/aromatic N) is 1. The van der Waals surface area contributed by atoms with Gasteiger partial charge in [0.15, 0.2) is 0 Å². The highest BCUT2D eigenvalue weighted by molar-refractivity contribution is 9.10. The molecule has 0 heterocycles. The molecule has 0 fully saturated rings. The van der Waals surface area contributed by atoms with Gasteiger partial charge in [0.1, 0.15) is 29.7 Å². The normalized spacial score (nSPS) is 10.7. The number of benzene rings is 3. The lowest BCUT2D eigenvalue weighted by Crippen LogP contribution is -2.13. The number of halogens is 1. The van der Waals surface area contributed by atoms with Gasteiger partial charge in [-0.3, -0.25) is 4.79 Å². The number of methoxy groups -OCH3 is 2. The van der Waals surface area contributed by atoms with Crippen LogP contribution in [0.15, 0.2) is 76.8 Å². The minimum atomic E-state index is -0.596. The van der Waals surface area contributed by atoms with Gasteiger partial charge in [0.2, 0.25) is 0 Å². The number of carbonyl (C=O) groups excluding carboxylic acids is 2. The Balaban J connectivity index is 1.82. The number of nitriles is 1. The van der Waals surface area contributed by atoms with Crippen molar-refractivity contribution in [3.63, 3.8) is 0 Å². The van der Waals surface area contributed by atoms with Crippen molar-refractivity contribution in [1.29, 1.82) is 5.26 Å². The molecule has 3 aromatic rings. The summed E-state index contributed by atoms with van der Waals surface area (Å²) in [6, 6.07) is 20.9. The number of ether oxygens (including phenoxy) is 3. The second-order valence-corrected chi connectivity index (χ2v) is 7.83. The Labute approximate surface area is 205 Å². The van der Waals surface area contributed by atoms with Crippen LogP contribution in [-0.4, -0.2) is 26.1 Å². The molecule has 0 unspecified atom stereocenters. The Morgan fingerprint density at radius 2 is 1.79 bits per heavy atom. The van der Waals surface area contributed by atoms with Crippen molar-refractivity contribution in [2.24, 2.45) is 0 Å². The fourth-order valence-electron chi connectivity index (χ4n) is 2.97. The van der Waals surface area contributed by atoms with E-state index in [1.54, 1.807) is 37.4 Å². The average molecular weight is 521 g/mol. The summed E-state index contributed by atoms with van der Waals surface area (Å²) < 4.78 is 16.9. The summed E-state index contributed by atoms with van der Waals surface area (Å²) in [5, 5.41) is 12.3. The maximum absolute atomic E-state index is 12.7. The minimum absolute atomic E-state index is 0.118. The standard InChI is InChI=1S/C26H21BrN2O5/c1-32-22-12-9-18(24(14-22)34-16-19-5-3-4-6-23(19)27)13-20(15-28)25(30)29-21-10-7-17(8-11-21)26(31)33-2/h3-14H,16H2,1-2H3,(H,29,30)/b20-13+. The Morgan fingerprint density at radius 3 is 2.44 bits per heavy atom. The van der Waals surface area contributed by atoms with Crippen molar-refractivity contribution in [3.05, 3.63) is 93.5 Å². The van der Waals surface area contributed by atoms with Gasteiger partial charge >= 0.3 is 5.97 Å². The summed E-state index contributed by atoms with van der Waals surface area (Å²) in [6.45, 7) is 0.274. The van der Waals surface area contributed by atoms with Crippen LogP contribution in [-0.2, 0) is 16.1 Å². The van der Waals surface area contributed by atoms with Crippen molar-refractivity contribution in [1.82, 2.24) is 0 Å². The molecule has 0 spiro atoms. The van der Waals surface area contributed by atoms with Crippen LogP contribution in [0, 0.1) is 11.3 Å². The zero-order chi connectivity index (χ0) is 24.5. The average Bonchev–Trinajstić information content (AvgIpc) is 2.87. The van der Waals surface area contributed by atoms with Gasteiger partial charge in [-0.25, -0.2) is 4.79 Å². The molecule has 0 aliphatic heterocycles. The highest BCUT2D eigenvalue weighted by Crippen LogP contribution is 2.29. The van der Waals surface area contributed by atoms with E-state index in [4.69, 9.17) is 9.47 Å². The van der Waals surface area contributed by atoms with Gasteiger partial charge in [-0.2, -0.15) is 5.26 Å². The fraction of sp³-hybridized carbons (Fsp3) is 0.115. The summed E-state index contributed by atoms with van der Waals surface area (Å²) in [7, 11) is 2.83. The molecule has 0 aliphatic carbocycles. The number of carbonyl (C=O) groups is 2. The van der Waals surface area contributed by atoms with E-state index in [1.807, 2.05) is 30.3 Å². The van der Waals surface area contributed by atoms with Crippen molar-refractivity contribution in [2.75, 3.05) is 19.5 Å². The largest absolute Gasteiger partial charge is 0.497 e. The van der Waals surface area contributed by atoms with Crippen molar-refractivity contribution >= 4 is 39.6 Å². The maximum Gasteiger partial charge on any atom is 0.337 e. The van der Waals surface area contributed by atoms with Gasteiger partial charge in [0.05, 0.1) is 19.8 Å². The van der Waals surface area contributed by atoms with Crippen LogP contribution >= 0.6 is 15.9 Å². The number of hydrogen-bond acceptors (Lipinski definition) is 6. The topological polar surface area (TPSA) is 97.7 Å². The van der Waals surface area contributed by atoms with E-state index in [-0.39, 0.29) is 12.2 Å². The quantitative estimate of drug-likeness (QED) is 0.243. The molecular weight excluding hydrogens is 500 g/mol. The predicted molar refractivity (Wildman–Crippen MR) is 131 cm³/mol. The highest BCUT2D eigenvalue weighted by atomic mass is 79.9. The van der Waals surface area contributed by atoms with Gasteiger partial charge < -0.3 is 19.5 Å². The zero-order valence-corrected chi connectivity index (χ0v) is 20.1. The fourth-order valence-corrected chi connectivity index (χ4v) is 3.37. The van der Waals surface area contributed by atoms with Crippen molar-refractivity contribution in [2.45, 2.75) is 6.61 Å². The first-order valence-electron chi connectivity index (χ1n) is 10.1. The molecule has 1 amide bonds. The summed E-state index contributed by atoms with van der Waals surface area (Å²) >= 11 is 3.50. The van der Waals surface area contributed by atoms with Crippen LogP contribution < -0.4 is 14.8 Å². The molecule has 3 aromatic carbocycles. The second kappa shape index (κ2) is 11.7. The van der Waals surface area contributed by atoms with Crippen molar-refractivity contribution < 1.29 is 23.8 Å². The SMILES string of the molecule is COC(=O)c1ccc(NC(=O)/C(C#N)=C/c2ccc(OC)cc2OCc2ccccc2Br)cc1. The van der Waals surface area contributed by atoms with Gasteiger partial charge in [-0.15, -0.1) is 0 Å². The molecule has 0 saturated heterocycles. The van der Waals surface area contributed by atoms with Crippen LogP contribution in [0.4, 0.5) is 5.69 Å². The van der Waals surface area contributed by atoms with Crippen LogP contribution in [0.1, 0.15) is 21.5 Å². The first-order chi connectivity index (χ1) is 16.4. The van der Waals surface area contributed by atoms with E-state index in [0.717, 1.165) is 10.0 Å². The molecule has 34 heavy (non-hydrogen) atoms. The lowest BCUT2D eigenvalue weighted by atomic mass is 10.1. The van der Waals surface area contributed by atoms with Gasteiger partial charge in [-0.05, 0) is 48.5 Å². The number of amides is 1. The maximum atomic E-state index is 12.7. The van der Waals surface area contributed by atoms with Crippen LogP contribution in [0.2, 0.25) is 0 Å². The summed E-state index contributed by atoms with van der Waals surface area (Å²) in [5.41, 5.74) is 2.14. The Bertz CT molecular complexity index is 1260. The molecular formula is C26H21BrN2O5. The first-order valence-corrected chi connectivity index (χ1v) is 10.9. The molecule has 172 valence electrons. The predicted octanol–water partition coefficient (Wildman–Crippen LogP) is 5.37. The van der Waals surface area contributed by atoms with Gasteiger partial charge in [0, 0.05) is 27.4 Å². The summed E-state index contributed by atoms with van der Waals surface area (Å²) in [4.78, 5) is 24.3. The molecule has 0 radical (unpaired) electrons. The molecule has 0 atom stereocenters. The lowest BCUT2D eigenvalue weighted by molar-refractivity contribution is -0.112. The second-order valence-electron chi connectivity index (χ2n) is 6.98. The number of nitrogens with one attached hydrogen (secondary N) is 1. The zero-order valence-electron chi connectivity index (χ0n) is 18.5. The van der Waals surface area contributed by atoms with Crippen LogP contribution in [0.25, 0.3) is 6.08 Å². The van der Waals surface area contributed by atoms with E-state index >= 15 is 0 Å². The third-order valence-electron chi connectivity index (χ3n) is 4.79. The molecule has 7 nitrogen and oxygen atoms in total. The Kier molecular flexibility index (Phi) is 8.43. The molecule has 0 bridgehead atoms. The van der Waals surface area contributed by atoms with Crippen LogP contribution in [0.3, 0.4) is 0 Å². The molecule has 1 N–H and O–H groups in total. The summed E-state index contributed by atoms with van der Waals surface area (Å²) in [5.74, 6) is -0.0445. The van der Waals surface area contributed by atoms with E-state index in [1.165, 1.54) is 25.3 Å². The van der Waals surface area contributed by atoms with Gasteiger partial charge in [0.25, 0.3) is 5.91 Å². The first kappa shape index (κ1) is 24.6. The lowest BCUT2D eigenvalue weighted by Gasteiger charge is -2.12. The monoisotopic (exact) mass is 520 g/mol. The molecule has 0 saturated carbocycles. The van der Waals surface area contributed by atoms with Crippen LogP contribution in [0.5, 0.6) is 11.5 Å². The van der Waals surface area contributed by atoms with E-state index in [0.29, 0.717) is 28.3 Å². The summed E-state index contributed by atoms with van der Waals surface area (Å²) in [6.07, 6.45) is 1.45. The van der Waals surface area contributed by atoms with E-state index in [2.05, 4.69) is 26.0 Å². The minimum Gasteiger partial charge on any atom is -0.497 e. The number of esters is 1. The molecule has 3 rings (SSSR count). The molecule has 8 heteroatoms. The smallest absolute Gasteiger partial charge is 0.337 e. The van der Waals surface area contributed by atoms with Crippen molar-refractivity contribution in [3.8, 4) is 17.6 Å². The number of rotatable bonds is 8. The van der Waals surface area contributed by atoms with E-state index < -0.39 is 11.9 Å². The third kappa shape index (κ3) is 6.24. The van der Waals surface area contributed by atoms with E-state index in [9.17, 15) is 14.9 Å². The third-order valence-corrected chi connectivity index (χ3v) is 5.56. The molecule has 0 aliphatic rings. The Morgan fingerprint density at radius 1 is 1.06 bits per heavy atom. The van der Waals surface area contributed by atoms with Gasteiger partial charge in [-0.1, -0.05) is 34.1 Å². The molecule has 0 aromatic heterocycles. The number of anilines is 1.